The molecule has 4 N–H and O–H groups in total. The van der Waals surface area contributed by atoms with Gasteiger partial charge < -0.3 is 10.6 Å². The third-order valence-electron chi connectivity index (χ3n) is 3.56. The molecule has 7 nitrogen and oxygen atoms in total. The Morgan fingerprint density at radius 3 is 2.16 bits per heavy atom. The summed E-state index contributed by atoms with van der Waals surface area (Å²) in [5.74, 6) is -1.50. The minimum Gasteiger partial charge on any atom is -0.344 e. The normalized spacial score (nSPS) is 12.2. The van der Waals surface area contributed by atoms with Crippen LogP contribution >= 0.6 is 0 Å². The van der Waals surface area contributed by atoms with Gasteiger partial charge in [0.25, 0.3) is 0 Å². The zero-order chi connectivity index (χ0) is 18.4. The van der Waals surface area contributed by atoms with Crippen LogP contribution in [0.2, 0.25) is 0 Å². The maximum Gasteiger partial charge on any atom is 0.309 e. The predicted molar refractivity (Wildman–Crippen MR) is 92.7 cm³/mol. The lowest BCUT2D eigenvalue weighted by Crippen LogP contribution is -2.40. The number of benzene rings is 2. The summed E-state index contributed by atoms with van der Waals surface area (Å²) >= 11 is 0. The minimum atomic E-state index is -3.76. The summed E-state index contributed by atoms with van der Waals surface area (Å²) in [5.41, 5.74) is 1.53. The molecule has 0 bridgehead atoms. The topological polar surface area (TPSA) is 118 Å². The van der Waals surface area contributed by atoms with Crippen molar-refractivity contribution in [2.75, 3.05) is 0 Å². The highest BCUT2D eigenvalue weighted by Gasteiger charge is 2.16. The molecule has 8 heteroatoms. The Labute approximate surface area is 146 Å². The Morgan fingerprint density at radius 2 is 1.60 bits per heavy atom. The van der Waals surface area contributed by atoms with E-state index in [2.05, 4.69) is 10.6 Å². The molecule has 0 aliphatic rings. The van der Waals surface area contributed by atoms with Crippen LogP contribution in [0, 0.1) is 0 Å². The highest BCUT2D eigenvalue weighted by atomic mass is 32.2. The first-order valence-electron chi connectivity index (χ1n) is 7.53. The van der Waals surface area contributed by atoms with Crippen molar-refractivity contribution in [3.05, 3.63) is 65.7 Å². The average Bonchev–Trinajstić information content (AvgIpc) is 2.60. The molecule has 0 saturated heterocycles. The summed E-state index contributed by atoms with van der Waals surface area (Å²) in [5, 5.41) is 10.1. The molecule has 1 atom stereocenters. The number of amides is 2. The van der Waals surface area contributed by atoms with Crippen molar-refractivity contribution in [3.63, 3.8) is 0 Å². The zero-order valence-electron chi connectivity index (χ0n) is 13.6. The fraction of sp³-hybridized carbons (Fsp3) is 0.176. The van der Waals surface area contributed by atoms with E-state index in [1.807, 2.05) is 30.3 Å². The minimum absolute atomic E-state index is 0.0167. The third kappa shape index (κ3) is 5.40. The standard InChI is InChI=1S/C17H19N3O4S/c1-12(14-5-3-2-4-6-14)20-17(22)16(21)19-11-13-7-9-15(10-8-13)25(18,23)24/h2-10,12H,11H2,1H3,(H,19,21)(H,20,22)(H2,18,23,24). The molecule has 0 aromatic heterocycles. The summed E-state index contributed by atoms with van der Waals surface area (Å²) in [6, 6.07) is 14.7. The first-order chi connectivity index (χ1) is 11.8. The second-order valence-corrected chi connectivity index (χ2v) is 7.04. The lowest BCUT2D eigenvalue weighted by atomic mass is 10.1. The second-order valence-electron chi connectivity index (χ2n) is 5.48. The number of sulfonamides is 1. The molecule has 2 aromatic carbocycles. The zero-order valence-corrected chi connectivity index (χ0v) is 14.4. The van der Waals surface area contributed by atoms with Gasteiger partial charge in [0, 0.05) is 6.54 Å². The molecule has 25 heavy (non-hydrogen) atoms. The van der Waals surface area contributed by atoms with E-state index in [4.69, 9.17) is 5.14 Å². The van der Waals surface area contributed by atoms with Gasteiger partial charge in [-0.25, -0.2) is 13.6 Å². The third-order valence-corrected chi connectivity index (χ3v) is 4.49. The lowest BCUT2D eigenvalue weighted by molar-refractivity contribution is -0.139. The Hall–Kier alpha value is -2.71. The molecule has 0 fully saturated rings. The molecule has 132 valence electrons. The molecule has 0 spiro atoms. The van der Waals surface area contributed by atoms with Crippen molar-refractivity contribution in [1.29, 1.82) is 0 Å². The summed E-state index contributed by atoms with van der Waals surface area (Å²) < 4.78 is 22.3. The number of carbonyl (C=O) groups excluding carboxylic acids is 2. The van der Waals surface area contributed by atoms with Crippen molar-refractivity contribution in [1.82, 2.24) is 10.6 Å². The van der Waals surface area contributed by atoms with Crippen LogP contribution in [-0.2, 0) is 26.2 Å². The summed E-state index contributed by atoms with van der Waals surface area (Å²) in [6.45, 7) is 1.88. The quantitative estimate of drug-likeness (QED) is 0.683. The van der Waals surface area contributed by atoms with Gasteiger partial charge in [-0.1, -0.05) is 42.5 Å². The van der Waals surface area contributed by atoms with Crippen molar-refractivity contribution in [2.24, 2.45) is 5.14 Å². The number of hydrogen-bond acceptors (Lipinski definition) is 4. The summed E-state index contributed by atoms with van der Waals surface area (Å²) in [7, 11) is -3.76. The Balaban J connectivity index is 1.88. The lowest BCUT2D eigenvalue weighted by Gasteiger charge is -2.14. The molecule has 0 aliphatic heterocycles. The van der Waals surface area contributed by atoms with Crippen LogP contribution in [0.5, 0.6) is 0 Å². The van der Waals surface area contributed by atoms with Crippen LogP contribution < -0.4 is 15.8 Å². The molecule has 0 heterocycles. The molecule has 0 aliphatic carbocycles. The molecule has 2 rings (SSSR count). The van der Waals surface area contributed by atoms with Crippen molar-refractivity contribution in [2.45, 2.75) is 24.4 Å². The Kier molecular flexibility index (Phi) is 5.89. The van der Waals surface area contributed by atoms with Gasteiger partial charge in [0.1, 0.15) is 0 Å². The Morgan fingerprint density at radius 1 is 1.00 bits per heavy atom. The van der Waals surface area contributed by atoms with Gasteiger partial charge >= 0.3 is 11.8 Å². The van der Waals surface area contributed by atoms with E-state index in [0.29, 0.717) is 5.56 Å². The first-order valence-corrected chi connectivity index (χ1v) is 9.07. The maximum absolute atomic E-state index is 11.9. The van der Waals surface area contributed by atoms with Crippen LogP contribution in [0.25, 0.3) is 0 Å². The van der Waals surface area contributed by atoms with Crippen molar-refractivity contribution >= 4 is 21.8 Å². The van der Waals surface area contributed by atoms with Gasteiger partial charge in [-0.3, -0.25) is 9.59 Å². The van der Waals surface area contributed by atoms with Crippen molar-refractivity contribution < 1.29 is 18.0 Å². The molecule has 0 saturated carbocycles. The molecule has 2 amide bonds. The number of hydrogen-bond donors (Lipinski definition) is 3. The van der Waals surface area contributed by atoms with Gasteiger partial charge in [-0.05, 0) is 30.2 Å². The fourth-order valence-electron chi connectivity index (χ4n) is 2.15. The van der Waals surface area contributed by atoms with Gasteiger partial charge in [0.15, 0.2) is 0 Å². The van der Waals surface area contributed by atoms with E-state index in [1.54, 1.807) is 6.92 Å². The highest BCUT2D eigenvalue weighted by molar-refractivity contribution is 7.89. The van der Waals surface area contributed by atoms with Gasteiger partial charge in [0.2, 0.25) is 10.0 Å². The van der Waals surface area contributed by atoms with E-state index in [-0.39, 0.29) is 17.5 Å². The molecule has 0 radical (unpaired) electrons. The SMILES string of the molecule is CC(NC(=O)C(=O)NCc1ccc(S(N)(=O)=O)cc1)c1ccccc1. The maximum atomic E-state index is 11.9. The smallest absolute Gasteiger partial charge is 0.309 e. The van der Waals surface area contributed by atoms with E-state index in [9.17, 15) is 18.0 Å². The number of carbonyl (C=O) groups is 2. The summed E-state index contributed by atoms with van der Waals surface area (Å²) in [6.07, 6.45) is 0. The molecule has 1 unspecified atom stereocenters. The second kappa shape index (κ2) is 7.91. The predicted octanol–water partition coefficient (Wildman–Crippen LogP) is 0.828. The highest BCUT2D eigenvalue weighted by Crippen LogP contribution is 2.11. The van der Waals surface area contributed by atoms with Crippen LogP contribution in [0.15, 0.2) is 59.5 Å². The largest absolute Gasteiger partial charge is 0.344 e. The number of nitrogens with two attached hydrogens (primary N) is 1. The summed E-state index contributed by atoms with van der Waals surface area (Å²) in [4.78, 5) is 23.8. The van der Waals surface area contributed by atoms with Gasteiger partial charge in [0.05, 0.1) is 10.9 Å². The first kappa shape index (κ1) is 18.6. The number of rotatable bonds is 5. The van der Waals surface area contributed by atoms with Crippen LogP contribution in [0.4, 0.5) is 0 Å². The molecular weight excluding hydrogens is 342 g/mol. The average molecular weight is 361 g/mol. The van der Waals surface area contributed by atoms with Crippen molar-refractivity contribution in [3.8, 4) is 0 Å². The Bertz CT molecular complexity index is 849. The van der Waals surface area contributed by atoms with Gasteiger partial charge in [-0.2, -0.15) is 0 Å². The molecule has 2 aromatic rings. The van der Waals surface area contributed by atoms with E-state index >= 15 is 0 Å². The monoisotopic (exact) mass is 361 g/mol. The van der Waals surface area contributed by atoms with Crippen LogP contribution in [-0.4, -0.2) is 20.2 Å². The number of primary sulfonamides is 1. The van der Waals surface area contributed by atoms with E-state index in [1.165, 1.54) is 24.3 Å². The number of nitrogens with one attached hydrogen (secondary N) is 2. The van der Waals surface area contributed by atoms with E-state index in [0.717, 1.165) is 5.56 Å². The van der Waals surface area contributed by atoms with Crippen LogP contribution in [0.1, 0.15) is 24.1 Å². The molecular formula is C17H19N3O4S. The van der Waals surface area contributed by atoms with E-state index < -0.39 is 21.8 Å². The van der Waals surface area contributed by atoms with Crippen LogP contribution in [0.3, 0.4) is 0 Å². The van der Waals surface area contributed by atoms with Gasteiger partial charge in [-0.15, -0.1) is 0 Å². The fourth-order valence-corrected chi connectivity index (χ4v) is 2.66.